The molecule has 2 unspecified atom stereocenters. The zero-order valence-corrected chi connectivity index (χ0v) is 13.5. The van der Waals surface area contributed by atoms with Gasteiger partial charge in [-0.05, 0) is 43.6 Å². The monoisotopic (exact) mass is 322 g/mol. The van der Waals surface area contributed by atoms with Crippen molar-refractivity contribution < 1.29 is 18.7 Å². The maximum atomic E-state index is 13.1. The maximum Gasteiger partial charge on any atom is 0.308 e. The molecule has 2 rings (SSSR count). The minimum Gasteiger partial charge on any atom is -0.466 e. The fraction of sp³-hybridized carbons (Fsp3) is 0.529. The molecular weight excluding hydrogens is 299 g/mol. The number of hydrogen-bond acceptors (Lipinski definition) is 4. The molecule has 23 heavy (non-hydrogen) atoms. The highest BCUT2D eigenvalue weighted by atomic mass is 19.1. The Morgan fingerprint density at radius 1 is 1.35 bits per heavy atom. The Morgan fingerprint density at radius 2 is 2.00 bits per heavy atom. The molecule has 1 heterocycles. The van der Waals surface area contributed by atoms with Crippen molar-refractivity contribution in [3.8, 4) is 0 Å². The Labute approximate surface area is 135 Å². The van der Waals surface area contributed by atoms with Gasteiger partial charge in [0, 0.05) is 5.92 Å². The maximum absolute atomic E-state index is 13.1. The second-order valence-electron chi connectivity index (χ2n) is 5.83. The van der Waals surface area contributed by atoms with Crippen molar-refractivity contribution in [2.24, 2.45) is 11.8 Å². The van der Waals surface area contributed by atoms with Gasteiger partial charge in [-0.1, -0.05) is 19.1 Å². The van der Waals surface area contributed by atoms with Crippen LogP contribution in [0.5, 0.6) is 0 Å². The van der Waals surface area contributed by atoms with Crippen LogP contribution < -0.4 is 10.6 Å². The van der Waals surface area contributed by atoms with E-state index in [1.54, 1.807) is 19.1 Å². The van der Waals surface area contributed by atoms with E-state index in [0.717, 1.165) is 13.1 Å². The van der Waals surface area contributed by atoms with Gasteiger partial charge in [0.1, 0.15) is 5.82 Å². The van der Waals surface area contributed by atoms with Crippen LogP contribution in [-0.4, -0.2) is 31.6 Å². The normalized spacial score (nSPS) is 17.0. The van der Waals surface area contributed by atoms with Crippen LogP contribution in [0, 0.1) is 17.7 Å². The highest BCUT2D eigenvalue weighted by Crippen LogP contribution is 2.21. The minimum absolute atomic E-state index is 0.0286. The van der Waals surface area contributed by atoms with Gasteiger partial charge >= 0.3 is 5.97 Å². The number of benzene rings is 1. The van der Waals surface area contributed by atoms with Gasteiger partial charge in [0.25, 0.3) is 0 Å². The molecule has 0 aliphatic carbocycles. The van der Waals surface area contributed by atoms with Crippen LogP contribution >= 0.6 is 0 Å². The van der Waals surface area contributed by atoms with Crippen LogP contribution in [0.4, 0.5) is 4.39 Å². The summed E-state index contributed by atoms with van der Waals surface area (Å²) in [6, 6.07) is 5.28. The Bertz CT molecular complexity index is 543. The summed E-state index contributed by atoms with van der Waals surface area (Å²) in [4.78, 5) is 24.2. The van der Waals surface area contributed by atoms with Crippen molar-refractivity contribution in [1.82, 2.24) is 10.6 Å². The quantitative estimate of drug-likeness (QED) is 0.751. The molecular formula is C17H23FN2O3. The van der Waals surface area contributed by atoms with E-state index in [9.17, 15) is 14.0 Å². The first-order chi connectivity index (χ1) is 11.0. The predicted molar refractivity (Wildman–Crippen MR) is 84.1 cm³/mol. The lowest BCUT2D eigenvalue weighted by Gasteiger charge is -2.32. The molecule has 2 N–H and O–H groups in total. The van der Waals surface area contributed by atoms with Crippen LogP contribution in [0.1, 0.15) is 31.9 Å². The summed E-state index contributed by atoms with van der Waals surface area (Å²) in [7, 11) is 0. The Balaban J connectivity index is 2.07. The van der Waals surface area contributed by atoms with Gasteiger partial charge < -0.3 is 15.4 Å². The highest BCUT2D eigenvalue weighted by molar-refractivity contribution is 5.80. The third-order valence-electron chi connectivity index (χ3n) is 4.20. The number of carbonyl (C=O) groups is 2. The zero-order valence-electron chi connectivity index (χ0n) is 13.5. The van der Waals surface area contributed by atoms with E-state index in [0.29, 0.717) is 11.5 Å². The van der Waals surface area contributed by atoms with Crippen LogP contribution in [0.2, 0.25) is 0 Å². The van der Waals surface area contributed by atoms with Gasteiger partial charge in [0.05, 0.1) is 19.1 Å². The molecule has 2 atom stereocenters. The van der Waals surface area contributed by atoms with Crippen LogP contribution in [0.3, 0.4) is 0 Å². The summed E-state index contributed by atoms with van der Waals surface area (Å²) in [5, 5.41) is 6.04. The van der Waals surface area contributed by atoms with Crippen molar-refractivity contribution >= 4 is 11.9 Å². The van der Waals surface area contributed by atoms with Crippen LogP contribution in [0.15, 0.2) is 24.3 Å². The molecule has 1 fully saturated rings. The first kappa shape index (κ1) is 17.4. The van der Waals surface area contributed by atoms with Gasteiger partial charge in [-0.25, -0.2) is 4.39 Å². The lowest BCUT2D eigenvalue weighted by molar-refractivity contribution is -0.144. The zero-order chi connectivity index (χ0) is 16.8. The van der Waals surface area contributed by atoms with E-state index in [2.05, 4.69) is 10.6 Å². The molecule has 1 aliphatic rings. The second-order valence-corrected chi connectivity index (χ2v) is 5.83. The molecule has 1 aliphatic heterocycles. The molecule has 0 spiro atoms. The highest BCUT2D eigenvalue weighted by Gasteiger charge is 2.30. The largest absolute Gasteiger partial charge is 0.466 e. The lowest BCUT2D eigenvalue weighted by atomic mass is 9.88. The van der Waals surface area contributed by atoms with Crippen molar-refractivity contribution in [1.29, 1.82) is 0 Å². The number of carbonyl (C=O) groups excluding carboxylic acids is 2. The molecule has 1 saturated heterocycles. The Hall–Kier alpha value is -1.95. The fourth-order valence-electron chi connectivity index (χ4n) is 2.52. The summed E-state index contributed by atoms with van der Waals surface area (Å²) >= 11 is 0. The standard InChI is InChI=1S/C17H23FN2O3/c1-3-23-16(21)8-15(12-4-6-14(18)7-5-12)20-17(22)11(2)13-9-19-10-13/h4-7,11,13,15,19H,3,8-10H2,1-2H3,(H,20,22). The van der Waals surface area contributed by atoms with E-state index in [1.165, 1.54) is 12.1 Å². The van der Waals surface area contributed by atoms with Crippen molar-refractivity contribution in [2.45, 2.75) is 26.3 Å². The first-order valence-electron chi connectivity index (χ1n) is 7.93. The van der Waals surface area contributed by atoms with E-state index in [-0.39, 0.29) is 36.6 Å². The fourth-order valence-corrected chi connectivity index (χ4v) is 2.52. The summed E-state index contributed by atoms with van der Waals surface area (Å²) in [5.74, 6) is -0.674. The van der Waals surface area contributed by atoms with Crippen molar-refractivity contribution in [3.05, 3.63) is 35.6 Å². The molecule has 0 aromatic heterocycles. The topological polar surface area (TPSA) is 67.4 Å². The number of rotatable bonds is 7. The summed E-state index contributed by atoms with van der Waals surface area (Å²) in [5.41, 5.74) is 0.687. The van der Waals surface area contributed by atoms with Gasteiger partial charge in [-0.2, -0.15) is 0 Å². The molecule has 0 bridgehead atoms. The van der Waals surface area contributed by atoms with E-state index >= 15 is 0 Å². The van der Waals surface area contributed by atoms with Crippen LogP contribution in [0.25, 0.3) is 0 Å². The molecule has 126 valence electrons. The lowest BCUT2D eigenvalue weighted by Crippen LogP contribution is -2.50. The molecule has 0 radical (unpaired) electrons. The predicted octanol–water partition coefficient (Wildman–Crippen LogP) is 1.79. The molecule has 1 aromatic rings. The van der Waals surface area contributed by atoms with Crippen LogP contribution in [-0.2, 0) is 14.3 Å². The molecule has 0 saturated carbocycles. The average molecular weight is 322 g/mol. The van der Waals surface area contributed by atoms with E-state index in [1.807, 2.05) is 6.92 Å². The van der Waals surface area contributed by atoms with Gasteiger partial charge in [0.15, 0.2) is 0 Å². The SMILES string of the molecule is CCOC(=O)CC(NC(=O)C(C)C1CNC1)c1ccc(F)cc1. The minimum atomic E-state index is -0.516. The molecule has 1 amide bonds. The summed E-state index contributed by atoms with van der Waals surface area (Å²) < 4.78 is 18.1. The smallest absolute Gasteiger partial charge is 0.308 e. The number of esters is 1. The third-order valence-corrected chi connectivity index (χ3v) is 4.20. The number of amides is 1. The van der Waals surface area contributed by atoms with Gasteiger partial charge in [0.2, 0.25) is 5.91 Å². The van der Waals surface area contributed by atoms with Gasteiger partial charge in [-0.15, -0.1) is 0 Å². The Kier molecular flexibility index (Phi) is 6.10. The summed E-state index contributed by atoms with van der Waals surface area (Å²) in [6.07, 6.45) is 0.0286. The Morgan fingerprint density at radius 3 is 2.52 bits per heavy atom. The second kappa shape index (κ2) is 8.06. The van der Waals surface area contributed by atoms with Crippen molar-refractivity contribution in [3.63, 3.8) is 0 Å². The average Bonchev–Trinajstić information content (AvgIpc) is 2.45. The first-order valence-corrected chi connectivity index (χ1v) is 7.93. The van der Waals surface area contributed by atoms with Gasteiger partial charge in [-0.3, -0.25) is 9.59 Å². The number of hydrogen-bond donors (Lipinski definition) is 2. The van der Waals surface area contributed by atoms with E-state index in [4.69, 9.17) is 4.74 Å². The number of halogens is 1. The van der Waals surface area contributed by atoms with Crippen molar-refractivity contribution in [2.75, 3.05) is 19.7 Å². The van der Waals surface area contributed by atoms with E-state index < -0.39 is 6.04 Å². The number of ether oxygens (including phenoxy) is 1. The molecule has 1 aromatic carbocycles. The third kappa shape index (κ3) is 4.76. The summed E-state index contributed by atoms with van der Waals surface area (Å²) in [6.45, 7) is 5.55. The molecule has 6 heteroatoms. The molecule has 5 nitrogen and oxygen atoms in total. The number of nitrogens with one attached hydrogen (secondary N) is 2.